The lowest BCUT2D eigenvalue weighted by atomic mass is 10.2. The quantitative estimate of drug-likeness (QED) is 0.625. The maximum atomic E-state index is 12.7. The van der Waals surface area contributed by atoms with Crippen LogP contribution >= 0.6 is 0 Å². The van der Waals surface area contributed by atoms with Gasteiger partial charge < -0.3 is 20.7 Å². The highest BCUT2D eigenvalue weighted by atomic mass is 16.5. The van der Waals surface area contributed by atoms with Crippen LogP contribution in [0.25, 0.3) is 10.9 Å². The molecule has 0 fully saturated rings. The highest BCUT2D eigenvalue weighted by Crippen LogP contribution is 2.23. The second-order valence-corrected chi connectivity index (χ2v) is 6.51. The Bertz CT molecular complexity index is 1020. The molecule has 7 heteroatoms. The summed E-state index contributed by atoms with van der Waals surface area (Å²) in [6, 6.07) is 15.6. The minimum Gasteiger partial charge on any atom is -0.497 e. The molecule has 3 amide bonds. The number of methoxy groups -OCH3 is 1. The van der Waals surface area contributed by atoms with Crippen molar-refractivity contribution in [2.75, 3.05) is 17.7 Å². The maximum Gasteiger partial charge on any atom is 0.319 e. The number of aromatic nitrogens is 1. The number of carbonyl (C=O) groups excluding carboxylic acids is 2. The van der Waals surface area contributed by atoms with Gasteiger partial charge in [0.25, 0.3) is 5.91 Å². The number of ether oxygens (including phenoxy) is 1. The van der Waals surface area contributed by atoms with E-state index in [4.69, 9.17) is 4.74 Å². The van der Waals surface area contributed by atoms with E-state index in [-0.39, 0.29) is 23.7 Å². The van der Waals surface area contributed by atoms with Gasteiger partial charge in [-0.1, -0.05) is 18.2 Å². The molecule has 7 nitrogen and oxygen atoms in total. The predicted molar refractivity (Wildman–Crippen MR) is 110 cm³/mol. The topological polar surface area (TPSA) is 92.3 Å². The third-order valence-electron chi connectivity index (χ3n) is 3.97. The Morgan fingerprint density at radius 2 is 1.68 bits per heavy atom. The Morgan fingerprint density at radius 3 is 2.36 bits per heavy atom. The van der Waals surface area contributed by atoms with Crippen molar-refractivity contribution in [2.45, 2.75) is 19.9 Å². The van der Waals surface area contributed by atoms with Crippen LogP contribution in [0.5, 0.6) is 5.75 Å². The van der Waals surface area contributed by atoms with Gasteiger partial charge in [-0.05, 0) is 50.2 Å². The van der Waals surface area contributed by atoms with Crippen molar-refractivity contribution in [3.63, 3.8) is 0 Å². The molecule has 0 aliphatic heterocycles. The van der Waals surface area contributed by atoms with E-state index < -0.39 is 0 Å². The number of hydrogen-bond acceptors (Lipinski definition) is 4. The fourth-order valence-corrected chi connectivity index (χ4v) is 2.67. The molecule has 3 aromatic rings. The van der Waals surface area contributed by atoms with Crippen LogP contribution in [0.15, 0.2) is 54.6 Å². The molecule has 0 atom stereocenters. The Hall–Kier alpha value is -3.61. The van der Waals surface area contributed by atoms with Crippen molar-refractivity contribution in [1.82, 2.24) is 10.3 Å². The lowest BCUT2D eigenvalue weighted by Gasteiger charge is -2.14. The summed E-state index contributed by atoms with van der Waals surface area (Å²) in [6.45, 7) is 3.74. The van der Waals surface area contributed by atoms with Gasteiger partial charge in [-0.25, -0.2) is 9.78 Å². The monoisotopic (exact) mass is 378 g/mol. The zero-order valence-corrected chi connectivity index (χ0v) is 15.9. The number of anilines is 2. The number of nitrogens with one attached hydrogen (secondary N) is 3. The van der Waals surface area contributed by atoms with Gasteiger partial charge in [-0.2, -0.15) is 0 Å². The first kappa shape index (κ1) is 19.2. The highest BCUT2D eigenvalue weighted by molar-refractivity contribution is 6.07. The summed E-state index contributed by atoms with van der Waals surface area (Å²) in [6.07, 6.45) is 0. The van der Waals surface area contributed by atoms with Crippen molar-refractivity contribution < 1.29 is 14.3 Å². The molecule has 144 valence electrons. The minimum atomic E-state index is -0.365. The van der Waals surface area contributed by atoms with E-state index in [9.17, 15) is 9.59 Å². The zero-order valence-electron chi connectivity index (χ0n) is 15.9. The fraction of sp³-hybridized carbons (Fsp3) is 0.190. The smallest absolute Gasteiger partial charge is 0.319 e. The van der Waals surface area contributed by atoms with Crippen LogP contribution in [0.3, 0.4) is 0 Å². The molecule has 3 N–H and O–H groups in total. The van der Waals surface area contributed by atoms with E-state index in [1.807, 2.05) is 26.0 Å². The SMILES string of the molecule is COc1ccc2nc(C(=O)Nc3ccccc3NC(=O)NC(C)C)ccc2c1. The minimum absolute atomic E-state index is 0.00202. The van der Waals surface area contributed by atoms with Crippen molar-refractivity contribution in [3.8, 4) is 5.75 Å². The lowest BCUT2D eigenvalue weighted by Crippen LogP contribution is -2.34. The van der Waals surface area contributed by atoms with E-state index in [1.54, 1.807) is 49.6 Å². The average Bonchev–Trinajstić information content (AvgIpc) is 2.68. The first-order chi connectivity index (χ1) is 13.5. The molecule has 28 heavy (non-hydrogen) atoms. The average molecular weight is 378 g/mol. The predicted octanol–water partition coefficient (Wildman–Crippen LogP) is 4.03. The maximum absolute atomic E-state index is 12.7. The van der Waals surface area contributed by atoms with E-state index in [0.29, 0.717) is 16.9 Å². The van der Waals surface area contributed by atoms with Crippen LogP contribution < -0.4 is 20.7 Å². The number of para-hydroxylation sites is 2. The van der Waals surface area contributed by atoms with Crippen LogP contribution in [-0.2, 0) is 0 Å². The lowest BCUT2D eigenvalue weighted by molar-refractivity contribution is 0.102. The summed E-state index contributed by atoms with van der Waals surface area (Å²) in [4.78, 5) is 29.1. The third-order valence-corrected chi connectivity index (χ3v) is 3.97. The molecule has 0 bridgehead atoms. The molecular formula is C21H22N4O3. The van der Waals surface area contributed by atoms with Gasteiger partial charge in [-0.15, -0.1) is 0 Å². The van der Waals surface area contributed by atoms with Gasteiger partial charge in [0.15, 0.2) is 0 Å². The fourth-order valence-electron chi connectivity index (χ4n) is 2.67. The Labute approximate surface area is 163 Å². The molecule has 0 saturated carbocycles. The van der Waals surface area contributed by atoms with Gasteiger partial charge in [0.05, 0.1) is 24.0 Å². The number of nitrogens with zero attached hydrogens (tertiary/aromatic N) is 1. The van der Waals surface area contributed by atoms with Crippen LogP contribution in [0, 0.1) is 0 Å². The van der Waals surface area contributed by atoms with Gasteiger partial charge in [0.1, 0.15) is 11.4 Å². The molecule has 0 saturated heterocycles. The van der Waals surface area contributed by atoms with E-state index in [1.165, 1.54) is 0 Å². The normalized spacial score (nSPS) is 10.6. The van der Waals surface area contributed by atoms with Crippen molar-refractivity contribution in [2.24, 2.45) is 0 Å². The molecule has 0 radical (unpaired) electrons. The Morgan fingerprint density at radius 1 is 0.964 bits per heavy atom. The number of benzene rings is 2. The molecule has 2 aromatic carbocycles. The van der Waals surface area contributed by atoms with Crippen LogP contribution in [-0.4, -0.2) is 30.1 Å². The van der Waals surface area contributed by atoms with Gasteiger partial charge in [-0.3, -0.25) is 4.79 Å². The number of pyridine rings is 1. The standard InChI is InChI=1S/C21H22N4O3/c1-13(2)22-21(27)25-18-7-5-4-6-17(18)24-20(26)19-10-8-14-12-15(28-3)9-11-16(14)23-19/h4-13H,1-3H3,(H,24,26)(H2,22,25,27). The molecule has 1 heterocycles. The van der Waals surface area contributed by atoms with Crippen molar-refractivity contribution in [3.05, 3.63) is 60.3 Å². The first-order valence-corrected chi connectivity index (χ1v) is 8.89. The van der Waals surface area contributed by atoms with E-state index in [0.717, 1.165) is 11.1 Å². The summed E-state index contributed by atoms with van der Waals surface area (Å²) in [5.74, 6) is 0.363. The van der Waals surface area contributed by atoms with Gasteiger partial charge in [0, 0.05) is 11.4 Å². The number of fused-ring (bicyclic) bond motifs is 1. The van der Waals surface area contributed by atoms with Gasteiger partial charge in [0.2, 0.25) is 0 Å². The van der Waals surface area contributed by atoms with Crippen molar-refractivity contribution in [1.29, 1.82) is 0 Å². The summed E-state index contributed by atoms with van der Waals surface area (Å²) >= 11 is 0. The van der Waals surface area contributed by atoms with Gasteiger partial charge >= 0.3 is 6.03 Å². The molecule has 1 aromatic heterocycles. The third kappa shape index (κ3) is 4.56. The summed E-state index contributed by atoms with van der Waals surface area (Å²) < 4.78 is 5.20. The molecule has 0 aliphatic rings. The van der Waals surface area contributed by atoms with E-state index >= 15 is 0 Å². The molecule has 3 rings (SSSR count). The molecule has 0 unspecified atom stereocenters. The number of rotatable bonds is 5. The molecule has 0 aliphatic carbocycles. The Kier molecular flexibility index (Phi) is 5.74. The second kappa shape index (κ2) is 8.39. The van der Waals surface area contributed by atoms with Crippen LogP contribution in [0.4, 0.5) is 16.2 Å². The molecular weight excluding hydrogens is 356 g/mol. The van der Waals surface area contributed by atoms with Crippen LogP contribution in [0.2, 0.25) is 0 Å². The Balaban J connectivity index is 1.79. The number of urea groups is 1. The molecule has 0 spiro atoms. The van der Waals surface area contributed by atoms with E-state index in [2.05, 4.69) is 20.9 Å². The summed E-state index contributed by atoms with van der Waals surface area (Å²) in [5, 5.41) is 9.17. The van der Waals surface area contributed by atoms with Crippen LogP contribution in [0.1, 0.15) is 24.3 Å². The number of amides is 3. The summed E-state index contributed by atoms with van der Waals surface area (Å²) in [7, 11) is 1.60. The second-order valence-electron chi connectivity index (χ2n) is 6.51. The number of carbonyl (C=O) groups is 2. The zero-order chi connectivity index (χ0) is 20.1. The number of hydrogen-bond donors (Lipinski definition) is 3. The summed E-state index contributed by atoms with van der Waals surface area (Å²) in [5.41, 5.74) is 1.96. The highest BCUT2D eigenvalue weighted by Gasteiger charge is 2.13. The first-order valence-electron chi connectivity index (χ1n) is 8.89. The van der Waals surface area contributed by atoms with Crippen molar-refractivity contribution >= 4 is 34.2 Å². The largest absolute Gasteiger partial charge is 0.497 e.